The normalized spacial score (nSPS) is 11.2. The number of esters is 1. The van der Waals surface area contributed by atoms with Gasteiger partial charge in [0, 0.05) is 11.6 Å². The monoisotopic (exact) mass is 299 g/mol. The molecule has 106 valence electrons. The zero-order chi connectivity index (χ0) is 14.6. The number of halogens is 4. The molecule has 0 aliphatic heterocycles. The third-order valence-electron chi connectivity index (χ3n) is 2.06. The minimum Gasteiger partial charge on any atom is -0.469 e. The molecule has 0 atom stereocenters. The Balaban J connectivity index is 3.29. The van der Waals surface area contributed by atoms with Crippen molar-refractivity contribution in [3.63, 3.8) is 0 Å². The lowest BCUT2D eigenvalue weighted by atomic mass is 10.2. The fourth-order valence-corrected chi connectivity index (χ4v) is 1.54. The number of nitrogens with one attached hydrogen (secondary N) is 1. The number of ether oxygens (including phenoxy) is 2. The van der Waals surface area contributed by atoms with E-state index in [9.17, 15) is 22.8 Å². The maximum atomic E-state index is 12.3. The number of carbonyl (C=O) groups excluding carboxylic acids is 1. The quantitative estimate of drug-likeness (QED) is 0.679. The van der Waals surface area contributed by atoms with Gasteiger partial charge in [-0.3, -0.25) is 9.59 Å². The van der Waals surface area contributed by atoms with Crippen molar-refractivity contribution in [2.24, 2.45) is 0 Å². The Morgan fingerprint density at radius 1 is 1.47 bits per heavy atom. The average Bonchev–Trinajstić information content (AvgIpc) is 2.30. The SMILES string of the molecule is COC(=O)Cc1[nH]c(=O)cc(CCl)c1OC(F)(F)F. The summed E-state index contributed by atoms with van der Waals surface area (Å²) in [5, 5.41) is 0. The van der Waals surface area contributed by atoms with Crippen molar-refractivity contribution >= 4 is 17.6 Å². The maximum Gasteiger partial charge on any atom is 0.573 e. The molecule has 0 radical (unpaired) electrons. The second-order valence-corrected chi connectivity index (χ2v) is 3.67. The van der Waals surface area contributed by atoms with Gasteiger partial charge in [0.05, 0.1) is 25.1 Å². The van der Waals surface area contributed by atoms with Crippen molar-refractivity contribution in [2.75, 3.05) is 7.11 Å². The molecule has 1 aromatic heterocycles. The lowest BCUT2D eigenvalue weighted by Gasteiger charge is -2.15. The van der Waals surface area contributed by atoms with Crippen LogP contribution in [0.5, 0.6) is 5.75 Å². The van der Waals surface area contributed by atoms with Gasteiger partial charge in [0.1, 0.15) is 0 Å². The lowest BCUT2D eigenvalue weighted by Crippen LogP contribution is -2.23. The van der Waals surface area contributed by atoms with E-state index < -0.39 is 30.1 Å². The Morgan fingerprint density at radius 2 is 2.11 bits per heavy atom. The van der Waals surface area contributed by atoms with Crippen LogP contribution >= 0.6 is 11.6 Å². The summed E-state index contributed by atoms with van der Waals surface area (Å²) in [5.74, 6) is -1.88. The highest BCUT2D eigenvalue weighted by molar-refractivity contribution is 6.17. The Labute approximate surface area is 110 Å². The van der Waals surface area contributed by atoms with E-state index in [0.29, 0.717) is 0 Å². The zero-order valence-corrected chi connectivity index (χ0v) is 10.4. The minimum atomic E-state index is -4.97. The third-order valence-corrected chi connectivity index (χ3v) is 2.34. The molecule has 5 nitrogen and oxygen atoms in total. The number of H-pyrrole nitrogens is 1. The molecule has 0 fully saturated rings. The Hall–Kier alpha value is -1.70. The van der Waals surface area contributed by atoms with Crippen molar-refractivity contribution in [2.45, 2.75) is 18.7 Å². The summed E-state index contributed by atoms with van der Waals surface area (Å²) in [6.07, 6.45) is -5.54. The number of rotatable bonds is 4. The first-order valence-corrected chi connectivity index (χ1v) is 5.44. The van der Waals surface area contributed by atoms with Crippen LogP contribution in [0.4, 0.5) is 13.2 Å². The van der Waals surface area contributed by atoms with E-state index in [1.807, 2.05) is 0 Å². The number of aromatic nitrogens is 1. The molecule has 1 N–H and O–H groups in total. The summed E-state index contributed by atoms with van der Waals surface area (Å²) in [4.78, 5) is 24.4. The molecule has 1 rings (SSSR count). The van der Waals surface area contributed by atoms with E-state index in [-0.39, 0.29) is 17.1 Å². The van der Waals surface area contributed by atoms with Gasteiger partial charge in [0.2, 0.25) is 5.56 Å². The fourth-order valence-electron chi connectivity index (χ4n) is 1.34. The summed E-state index contributed by atoms with van der Waals surface area (Å²) < 4.78 is 45.0. The van der Waals surface area contributed by atoms with Crippen molar-refractivity contribution in [1.29, 1.82) is 0 Å². The number of alkyl halides is 4. The van der Waals surface area contributed by atoms with E-state index in [2.05, 4.69) is 14.5 Å². The number of hydrogen-bond donors (Lipinski definition) is 1. The predicted molar refractivity (Wildman–Crippen MR) is 59.0 cm³/mol. The van der Waals surface area contributed by atoms with Gasteiger partial charge in [-0.15, -0.1) is 24.8 Å². The van der Waals surface area contributed by atoms with Gasteiger partial charge < -0.3 is 14.5 Å². The highest BCUT2D eigenvalue weighted by Gasteiger charge is 2.34. The summed E-state index contributed by atoms with van der Waals surface area (Å²) >= 11 is 5.46. The Kier molecular flexibility index (Phi) is 4.82. The number of hydrogen-bond acceptors (Lipinski definition) is 4. The molecular formula is C10H9ClF3NO4. The molecule has 1 aromatic rings. The van der Waals surface area contributed by atoms with Crippen molar-refractivity contribution < 1.29 is 27.4 Å². The fraction of sp³-hybridized carbons (Fsp3) is 0.400. The third kappa shape index (κ3) is 4.47. The lowest BCUT2D eigenvalue weighted by molar-refractivity contribution is -0.275. The smallest absolute Gasteiger partial charge is 0.469 e. The molecule has 0 amide bonds. The largest absolute Gasteiger partial charge is 0.573 e. The van der Waals surface area contributed by atoms with Gasteiger partial charge in [0.25, 0.3) is 0 Å². The van der Waals surface area contributed by atoms with Gasteiger partial charge in [-0.1, -0.05) is 0 Å². The first-order valence-electron chi connectivity index (χ1n) is 4.90. The highest BCUT2D eigenvalue weighted by Crippen LogP contribution is 2.29. The van der Waals surface area contributed by atoms with Gasteiger partial charge in [-0.05, 0) is 0 Å². The van der Waals surface area contributed by atoms with Crippen molar-refractivity contribution in [3.05, 3.63) is 27.7 Å². The molecule has 0 bridgehead atoms. The molecule has 0 aliphatic rings. The van der Waals surface area contributed by atoms with Gasteiger partial charge in [-0.2, -0.15) is 0 Å². The number of aromatic amines is 1. The molecule has 0 aliphatic carbocycles. The molecule has 1 heterocycles. The molecule has 19 heavy (non-hydrogen) atoms. The van der Waals surface area contributed by atoms with Crippen LogP contribution in [-0.2, 0) is 21.8 Å². The topological polar surface area (TPSA) is 68.4 Å². The minimum absolute atomic E-state index is 0.165. The standard InChI is InChI=1S/C10H9ClF3NO4/c1-18-8(17)3-6-9(19-10(12,13)14)5(4-11)2-7(16)15-6/h2H,3-4H2,1H3,(H,15,16). The Bertz CT molecular complexity index is 526. The van der Waals surface area contributed by atoms with Crippen LogP contribution in [0, 0.1) is 0 Å². The molecule has 0 unspecified atom stereocenters. The van der Waals surface area contributed by atoms with Crippen LogP contribution in [-0.4, -0.2) is 24.4 Å². The molecule has 0 aromatic carbocycles. The second kappa shape index (κ2) is 5.96. The number of pyridine rings is 1. The van der Waals surface area contributed by atoms with Crippen LogP contribution in [0.15, 0.2) is 10.9 Å². The molecule has 0 saturated heterocycles. The van der Waals surface area contributed by atoms with Gasteiger partial charge in [0.15, 0.2) is 5.75 Å². The van der Waals surface area contributed by atoms with E-state index >= 15 is 0 Å². The summed E-state index contributed by atoms with van der Waals surface area (Å²) in [6, 6.07) is 0.870. The van der Waals surface area contributed by atoms with Crippen LogP contribution in [0.1, 0.15) is 11.3 Å². The van der Waals surface area contributed by atoms with Crippen molar-refractivity contribution in [3.8, 4) is 5.75 Å². The van der Waals surface area contributed by atoms with Crippen LogP contribution in [0.3, 0.4) is 0 Å². The Morgan fingerprint density at radius 3 is 2.58 bits per heavy atom. The summed E-state index contributed by atoms with van der Waals surface area (Å²) in [6.45, 7) is 0. The van der Waals surface area contributed by atoms with E-state index in [1.54, 1.807) is 0 Å². The second-order valence-electron chi connectivity index (χ2n) is 3.40. The molecule has 0 saturated carbocycles. The predicted octanol–water partition coefficient (Wildman–Crippen LogP) is 1.73. The zero-order valence-electron chi connectivity index (χ0n) is 9.64. The molecular weight excluding hydrogens is 291 g/mol. The van der Waals surface area contributed by atoms with E-state index in [4.69, 9.17) is 11.6 Å². The van der Waals surface area contributed by atoms with E-state index in [1.165, 1.54) is 0 Å². The van der Waals surface area contributed by atoms with Gasteiger partial charge in [-0.25, -0.2) is 0 Å². The summed E-state index contributed by atoms with van der Waals surface area (Å²) in [5.41, 5.74) is -1.20. The molecule has 9 heteroatoms. The maximum absolute atomic E-state index is 12.3. The number of carbonyl (C=O) groups is 1. The van der Waals surface area contributed by atoms with Crippen molar-refractivity contribution in [1.82, 2.24) is 4.98 Å². The van der Waals surface area contributed by atoms with Crippen LogP contribution < -0.4 is 10.3 Å². The molecule has 0 spiro atoms. The average molecular weight is 300 g/mol. The number of methoxy groups -OCH3 is 1. The highest BCUT2D eigenvalue weighted by atomic mass is 35.5. The summed E-state index contributed by atoms with van der Waals surface area (Å²) in [7, 11) is 1.07. The van der Waals surface area contributed by atoms with Gasteiger partial charge >= 0.3 is 12.3 Å². The van der Waals surface area contributed by atoms with Crippen LogP contribution in [0.25, 0.3) is 0 Å². The van der Waals surface area contributed by atoms with E-state index in [0.717, 1.165) is 13.2 Å². The first kappa shape index (κ1) is 15.4. The van der Waals surface area contributed by atoms with Crippen LogP contribution in [0.2, 0.25) is 0 Å². The first-order chi connectivity index (χ1) is 8.76.